The number of benzene rings is 4. The van der Waals surface area contributed by atoms with E-state index in [2.05, 4.69) is 25.8 Å². The Morgan fingerprint density at radius 3 is 2.23 bits per heavy atom. The van der Waals surface area contributed by atoms with Gasteiger partial charge in [-0.2, -0.15) is 36.5 Å². The zero-order valence-electron chi connectivity index (χ0n) is 48.9. The van der Waals surface area contributed by atoms with Gasteiger partial charge in [0.15, 0.2) is 5.82 Å². The number of nitrogens with one attached hydrogen (secondary N) is 2. The molecule has 3 atom stereocenters. The number of aromatic nitrogens is 7. The number of aliphatic carboxylic acids is 1. The Morgan fingerprint density at radius 1 is 0.913 bits per heavy atom. The molecular formula is C59H52F9N10O12PS. The van der Waals surface area contributed by atoms with Crippen LogP contribution in [-0.4, -0.2) is 93.9 Å². The number of carbonyl (C=O) groups is 4. The smallest absolute Gasteiger partial charge is 0.480 e. The Bertz CT molecular complexity index is 4660. The summed E-state index contributed by atoms with van der Waals surface area (Å²) in [5, 5.41) is 21.7. The molecule has 0 fully saturated rings. The topological polar surface area (TPSA) is 300 Å². The van der Waals surface area contributed by atoms with Gasteiger partial charge in [-0.15, -0.1) is 0 Å². The first-order chi connectivity index (χ1) is 42.8. The molecule has 4 heterocycles. The molecule has 4 aromatic carbocycles. The minimum absolute atomic E-state index is 0.0220. The fraction of sp³-hybridized carbons (Fsp3) is 0.305. The zero-order chi connectivity index (χ0) is 67.2. The number of allylic oxidation sites excluding steroid dienone is 2. The first-order valence-electron chi connectivity index (χ1n) is 27.5. The number of pyridine rings is 1. The summed E-state index contributed by atoms with van der Waals surface area (Å²) < 4.78 is 182. The number of nitrogens with zero attached hydrogens (tertiary/aromatic N) is 8. The van der Waals surface area contributed by atoms with Crippen LogP contribution in [0.2, 0.25) is 0 Å². The Balaban J connectivity index is 1.16. The predicted molar refractivity (Wildman–Crippen MR) is 310 cm³/mol. The molecule has 0 bridgehead atoms. The van der Waals surface area contributed by atoms with E-state index < -0.39 is 173 Å². The minimum Gasteiger partial charge on any atom is -0.480 e. The van der Waals surface area contributed by atoms with E-state index in [1.165, 1.54) is 83.3 Å². The molecular weight excluding hydrogens is 1270 g/mol. The molecule has 22 nitrogen and oxygen atoms in total. The normalized spacial score (nSPS) is 15.7. The molecule has 0 aliphatic heterocycles. The average molecular weight is 1330 g/mol. The summed E-state index contributed by atoms with van der Waals surface area (Å²) in [4.78, 5) is 98.3. The van der Waals surface area contributed by atoms with Gasteiger partial charge in [0.2, 0.25) is 27.7 Å². The highest BCUT2D eigenvalue weighted by atomic mass is 32.2. The highest BCUT2D eigenvalue weighted by Gasteiger charge is 2.60. The van der Waals surface area contributed by atoms with Gasteiger partial charge in [0.25, 0.3) is 17.9 Å². The lowest BCUT2D eigenvalue weighted by Gasteiger charge is -2.31. The summed E-state index contributed by atoms with van der Waals surface area (Å²) in [7, 11) is -9.02. The Labute approximate surface area is 514 Å². The van der Waals surface area contributed by atoms with Gasteiger partial charge in [0, 0.05) is 54.0 Å². The van der Waals surface area contributed by atoms with Crippen molar-refractivity contribution in [1.29, 1.82) is 0 Å². The number of halogens is 9. The highest BCUT2D eigenvalue weighted by molar-refractivity contribution is 7.92. The van der Waals surface area contributed by atoms with Crippen LogP contribution in [0.5, 0.6) is 5.75 Å². The number of sulfonamides is 1. The van der Waals surface area contributed by atoms with Gasteiger partial charge in [0.05, 0.1) is 57.8 Å². The maximum Gasteiger partial charge on any atom is 0.524 e. The summed E-state index contributed by atoms with van der Waals surface area (Å²) in [6.45, 7) is 3.60. The fourth-order valence-corrected chi connectivity index (χ4v) is 13.2. The van der Waals surface area contributed by atoms with Crippen molar-refractivity contribution in [3.63, 3.8) is 0 Å². The molecule has 4 aromatic heterocycles. The number of rotatable bonds is 20. The molecule has 0 radical (unpaired) electrons. The van der Waals surface area contributed by atoms with E-state index in [0.717, 1.165) is 39.6 Å². The van der Waals surface area contributed by atoms with E-state index in [1.54, 1.807) is 0 Å². The molecule has 8 aromatic rings. The summed E-state index contributed by atoms with van der Waals surface area (Å²) in [6, 6.07) is 12.1. The van der Waals surface area contributed by atoms with Crippen LogP contribution in [0.15, 0.2) is 95.8 Å². The number of carbonyl (C=O) groups excluding carboxylic acids is 3. The minimum atomic E-state index is -5.43. The van der Waals surface area contributed by atoms with Gasteiger partial charge in [-0.05, 0) is 84.6 Å². The number of hydrogen-bond donors (Lipinski definition) is 5. The summed E-state index contributed by atoms with van der Waals surface area (Å²) in [6.07, 6.45) is -7.52. The maximum atomic E-state index is 16.1. The summed E-state index contributed by atoms with van der Waals surface area (Å²) in [5.74, 6) is -15.4. The van der Waals surface area contributed by atoms with Crippen LogP contribution in [0.1, 0.15) is 94.9 Å². The van der Waals surface area contributed by atoms with E-state index >= 15 is 27.2 Å². The van der Waals surface area contributed by atoms with Gasteiger partial charge in [-0.1, -0.05) is 50.3 Å². The van der Waals surface area contributed by atoms with Gasteiger partial charge in [-0.3, -0.25) is 47.7 Å². The van der Waals surface area contributed by atoms with Crippen LogP contribution in [0.3, 0.4) is 0 Å². The third-order valence-corrected chi connectivity index (χ3v) is 17.0. The molecule has 2 aliphatic rings. The second-order valence-electron chi connectivity index (χ2n) is 22.8. The lowest BCUT2D eigenvalue weighted by molar-refractivity contribution is -0.141. The van der Waals surface area contributed by atoms with Crippen LogP contribution >= 0.6 is 7.82 Å². The van der Waals surface area contributed by atoms with Gasteiger partial charge < -0.3 is 20.3 Å². The fourth-order valence-electron chi connectivity index (χ4n) is 11.9. The molecule has 33 heteroatoms. The van der Waals surface area contributed by atoms with E-state index in [9.17, 15) is 64.2 Å². The van der Waals surface area contributed by atoms with Gasteiger partial charge in [-0.25, -0.2) is 40.5 Å². The standard InChI is InChI=1S/C59H52F9N10O12PS/c1-27-16-31(22-43(79)69-25-46(82)83)49(41(17-27)90-91(85,86)87)57(3,4)24-45(81)78(92(6,88)89)55-47-28(2)10-15-40(51(47)75(5)74-55)77-54(72-38-21-30(11-12-35(38)56(77)84)37-8-7-9-42(70-37)59(66,67)68)39(20-29-18-32(60)23-33(61)19-29)71-44(80)26-76-52-48(50(73-76)53(62)63)34-13-14-36(34)58(52,64)65/h7-19,21,23,34,36,39,53H,20,22,24-26H2,1-6H3,(H,69,79)(H,71,80)(H,82,83)(H2,85,86,87)/t34-,36+,39-/m0/s1. The number of fused-ring (bicyclic) bond motifs is 5. The first kappa shape index (κ1) is 65.7. The maximum absolute atomic E-state index is 16.1. The average Bonchev–Trinajstić information content (AvgIpc) is 1.53. The molecule has 0 saturated carbocycles. The van der Waals surface area contributed by atoms with Crippen LogP contribution in [0.4, 0.5) is 45.3 Å². The Kier molecular flexibility index (Phi) is 17.0. The second-order valence-corrected chi connectivity index (χ2v) is 25.8. The molecule has 10 rings (SSSR count). The number of phosphoric ester groups is 1. The van der Waals surface area contributed by atoms with Crippen molar-refractivity contribution >= 4 is 69.2 Å². The number of carboxylic acid groups (broad SMARTS) is 1. The Morgan fingerprint density at radius 2 is 1.61 bits per heavy atom. The van der Waals surface area contributed by atoms with Crippen molar-refractivity contribution in [2.75, 3.05) is 17.1 Å². The van der Waals surface area contributed by atoms with E-state index in [0.29, 0.717) is 27.4 Å². The van der Waals surface area contributed by atoms with Crippen molar-refractivity contribution < 1.29 is 91.1 Å². The van der Waals surface area contributed by atoms with Crippen molar-refractivity contribution in [2.24, 2.45) is 13.0 Å². The molecule has 0 spiro atoms. The number of hydrogen-bond acceptors (Lipinski definition) is 13. The van der Waals surface area contributed by atoms with Gasteiger partial charge >= 0.3 is 20.0 Å². The SMILES string of the molecule is Cc1cc(CC(=O)NCC(=O)O)c(C(C)(C)CC(=O)N(c2nn(C)c3c(-n4c([C@H](Cc5cc(F)cc(F)c5)NC(=O)Cn5nc(C(F)F)c6c5C(F)(F)[C@@H]5C=C[C@H]65)nc5cc(-c6cccc(C(F)(F)F)n6)ccc5c4=O)ccc(C)c23)S(C)(=O)=O)c(OP(=O)(O)O)c1. The lowest BCUT2D eigenvalue weighted by Crippen LogP contribution is -2.40. The third kappa shape index (κ3) is 12.7. The molecule has 3 amide bonds. The van der Waals surface area contributed by atoms with E-state index in [1.807, 2.05) is 0 Å². The molecule has 92 heavy (non-hydrogen) atoms. The Hall–Kier alpha value is -9.26. The number of anilines is 1. The number of amides is 3. The number of phosphoric acid groups is 1. The second kappa shape index (κ2) is 23.8. The van der Waals surface area contributed by atoms with Crippen molar-refractivity contribution in [3.05, 3.63) is 169 Å². The number of aryl methyl sites for hydroxylation is 3. The molecule has 0 unspecified atom stereocenters. The highest BCUT2D eigenvalue weighted by Crippen LogP contribution is 2.60. The largest absolute Gasteiger partial charge is 0.524 e. The van der Waals surface area contributed by atoms with Crippen LogP contribution in [-0.2, 0) is 77.7 Å². The summed E-state index contributed by atoms with van der Waals surface area (Å²) in [5.41, 5.74) is -7.72. The van der Waals surface area contributed by atoms with Crippen molar-refractivity contribution in [3.8, 4) is 22.7 Å². The van der Waals surface area contributed by atoms with Crippen molar-refractivity contribution in [1.82, 2.24) is 44.7 Å². The van der Waals surface area contributed by atoms with Crippen LogP contribution < -0.4 is 25.0 Å². The third-order valence-electron chi connectivity index (χ3n) is 15.5. The summed E-state index contributed by atoms with van der Waals surface area (Å²) >= 11 is 0. The van der Waals surface area contributed by atoms with Crippen LogP contribution in [0, 0.1) is 31.4 Å². The monoisotopic (exact) mass is 1330 g/mol. The van der Waals surface area contributed by atoms with E-state index in [4.69, 9.17) is 9.51 Å². The molecule has 0 saturated heterocycles. The van der Waals surface area contributed by atoms with E-state index in [-0.39, 0.29) is 66.6 Å². The molecule has 484 valence electrons. The zero-order valence-corrected chi connectivity index (χ0v) is 50.6. The van der Waals surface area contributed by atoms with Crippen molar-refractivity contribution in [2.45, 2.75) is 89.4 Å². The molecule has 2 aliphatic carbocycles. The quantitative estimate of drug-likeness (QED) is 0.0271. The molecule has 5 N–H and O–H groups in total. The number of carboxylic acids is 1. The predicted octanol–water partition coefficient (Wildman–Crippen LogP) is 8.73. The van der Waals surface area contributed by atoms with Crippen LogP contribution in [0.25, 0.3) is 38.8 Å². The number of alkyl halides is 7. The lowest BCUT2D eigenvalue weighted by atomic mass is 9.77. The van der Waals surface area contributed by atoms with Gasteiger partial charge in [0.1, 0.15) is 53.4 Å². The first-order valence-corrected chi connectivity index (χ1v) is 30.9.